The maximum absolute atomic E-state index is 11.8. The van der Waals surface area contributed by atoms with Crippen molar-refractivity contribution in [1.82, 2.24) is 0 Å². The van der Waals surface area contributed by atoms with Crippen molar-refractivity contribution in [3.63, 3.8) is 0 Å². The van der Waals surface area contributed by atoms with E-state index in [1.54, 1.807) is 6.92 Å². The number of carbonyl (C=O) groups is 1. The summed E-state index contributed by atoms with van der Waals surface area (Å²) in [4.78, 5) is 11.8. The Morgan fingerprint density at radius 2 is 1.93 bits per heavy atom. The SMILES string of the molecule is CCC(C(=O)C(C)Cl)C1CCCCC1. The Morgan fingerprint density at radius 3 is 2.36 bits per heavy atom. The zero-order valence-corrected chi connectivity index (χ0v) is 10.0. The molecule has 0 heterocycles. The number of Topliss-reactive ketones (excluding diaryl/α,β-unsaturated/α-hetero) is 1. The van der Waals surface area contributed by atoms with Crippen molar-refractivity contribution in [3.8, 4) is 0 Å². The standard InChI is InChI=1S/C12H21ClO/c1-3-11(12(14)9(2)13)10-7-5-4-6-8-10/h9-11H,3-8H2,1-2H3. The van der Waals surface area contributed by atoms with Crippen LogP contribution < -0.4 is 0 Å². The van der Waals surface area contributed by atoms with Gasteiger partial charge in [0.15, 0.2) is 5.78 Å². The van der Waals surface area contributed by atoms with Gasteiger partial charge in [0.25, 0.3) is 0 Å². The molecule has 0 radical (unpaired) electrons. The van der Waals surface area contributed by atoms with E-state index >= 15 is 0 Å². The molecule has 1 aliphatic carbocycles. The number of halogens is 1. The van der Waals surface area contributed by atoms with Crippen molar-refractivity contribution in [2.24, 2.45) is 11.8 Å². The topological polar surface area (TPSA) is 17.1 Å². The Morgan fingerprint density at radius 1 is 1.36 bits per heavy atom. The van der Waals surface area contributed by atoms with E-state index in [9.17, 15) is 4.79 Å². The van der Waals surface area contributed by atoms with Crippen LogP contribution in [-0.2, 0) is 4.79 Å². The second-order valence-corrected chi connectivity index (χ2v) is 5.09. The molecule has 1 rings (SSSR count). The normalized spacial score (nSPS) is 23.1. The van der Waals surface area contributed by atoms with Crippen molar-refractivity contribution in [2.75, 3.05) is 0 Å². The molecule has 0 N–H and O–H groups in total. The van der Waals surface area contributed by atoms with Crippen LogP contribution in [0.25, 0.3) is 0 Å². The van der Waals surface area contributed by atoms with Gasteiger partial charge in [-0.05, 0) is 32.1 Å². The number of hydrogen-bond acceptors (Lipinski definition) is 1. The fourth-order valence-corrected chi connectivity index (χ4v) is 2.76. The van der Waals surface area contributed by atoms with Gasteiger partial charge >= 0.3 is 0 Å². The zero-order valence-electron chi connectivity index (χ0n) is 9.26. The van der Waals surface area contributed by atoms with Crippen LogP contribution in [0.15, 0.2) is 0 Å². The summed E-state index contributed by atoms with van der Waals surface area (Å²) in [6, 6.07) is 0. The Kier molecular flexibility index (Phi) is 4.94. The quantitative estimate of drug-likeness (QED) is 0.654. The molecule has 0 aromatic rings. The van der Waals surface area contributed by atoms with Gasteiger partial charge in [0, 0.05) is 5.92 Å². The first-order valence-electron chi connectivity index (χ1n) is 5.84. The molecule has 1 nitrogen and oxygen atoms in total. The van der Waals surface area contributed by atoms with Crippen molar-refractivity contribution in [3.05, 3.63) is 0 Å². The molecule has 0 bridgehead atoms. The Balaban J connectivity index is 2.55. The Hall–Kier alpha value is -0.0400. The van der Waals surface area contributed by atoms with Crippen LogP contribution in [0.4, 0.5) is 0 Å². The molecule has 0 saturated heterocycles. The van der Waals surface area contributed by atoms with Crippen LogP contribution in [0.2, 0.25) is 0 Å². The summed E-state index contributed by atoms with van der Waals surface area (Å²) in [5, 5.41) is -0.304. The molecular formula is C12H21ClO. The second kappa shape index (κ2) is 5.75. The van der Waals surface area contributed by atoms with E-state index in [1.807, 2.05) is 0 Å². The molecule has 14 heavy (non-hydrogen) atoms. The van der Waals surface area contributed by atoms with E-state index in [1.165, 1.54) is 32.1 Å². The number of ketones is 1. The van der Waals surface area contributed by atoms with Gasteiger partial charge in [-0.2, -0.15) is 0 Å². The average molecular weight is 217 g/mol. The smallest absolute Gasteiger partial charge is 0.153 e. The van der Waals surface area contributed by atoms with E-state index in [0.29, 0.717) is 5.92 Å². The summed E-state index contributed by atoms with van der Waals surface area (Å²) < 4.78 is 0. The maximum Gasteiger partial charge on any atom is 0.153 e. The molecule has 1 saturated carbocycles. The molecule has 2 atom stereocenters. The number of rotatable bonds is 4. The summed E-state index contributed by atoms with van der Waals surface area (Å²) in [6.07, 6.45) is 7.36. The van der Waals surface area contributed by atoms with E-state index in [4.69, 9.17) is 11.6 Å². The predicted octanol–water partition coefficient (Wildman–Crippen LogP) is 3.79. The fourth-order valence-electron chi connectivity index (χ4n) is 2.60. The summed E-state index contributed by atoms with van der Waals surface area (Å²) in [5.41, 5.74) is 0. The van der Waals surface area contributed by atoms with E-state index in [0.717, 1.165) is 6.42 Å². The minimum atomic E-state index is -0.304. The third-order valence-corrected chi connectivity index (χ3v) is 3.63. The molecule has 1 aliphatic rings. The average Bonchev–Trinajstić information content (AvgIpc) is 2.20. The van der Waals surface area contributed by atoms with E-state index in [2.05, 4.69) is 6.92 Å². The Bertz CT molecular complexity index is 183. The largest absolute Gasteiger partial charge is 0.298 e. The highest BCUT2D eigenvalue weighted by Gasteiger charge is 2.29. The number of hydrogen-bond donors (Lipinski definition) is 0. The summed E-state index contributed by atoms with van der Waals surface area (Å²) in [7, 11) is 0. The van der Waals surface area contributed by atoms with E-state index in [-0.39, 0.29) is 17.1 Å². The number of carbonyl (C=O) groups excluding carboxylic acids is 1. The van der Waals surface area contributed by atoms with Crippen molar-refractivity contribution >= 4 is 17.4 Å². The highest BCUT2D eigenvalue weighted by Crippen LogP contribution is 2.33. The van der Waals surface area contributed by atoms with Crippen LogP contribution in [0.5, 0.6) is 0 Å². The molecule has 0 aliphatic heterocycles. The first-order valence-corrected chi connectivity index (χ1v) is 6.28. The van der Waals surface area contributed by atoms with Crippen molar-refractivity contribution in [1.29, 1.82) is 0 Å². The molecular weight excluding hydrogens is 196 g/mol. The third-order valence-electron chi connectivity index (χ3n) is 3.42. The molecule has 0 aromatic carbocycles. The van der Waals surface area contributed by atoms with Gasteiger partial charge < -0.3 is 0 Å². The lowest BCUT2D eigenvalue weighted by molar-refractivity contribution is -0.124. The van der Waals surface area contributed by atoms with Crippen LogP contribution in [0.3, 0.4) is 0 Å². The molecule has 0 spiro atoms. The minimum absolute atomic E-state index is 0.225. The second-order valence-electron chi connectivity index (χ2n) is 4.43. The van der Waals surface area contributed by atoms with Crippen LogP contribution in [0, 0.1) is 11.8 Å². The summed E-state index contributed by atoms with van der Waals surface area (Å²) in [5.74, 6) is 1.10. The van der Waals surface area contributed by atoms with Crippen LogP contribution >= 0.6 is 11.6 Å². The minimum Gasteiger partial charge on any atom is -0.298 e. The van der Waals surface area contributed by atoms with Gasteiger partial charge in [0.1, 0.15) is 0 Å². The number of alkyl halides is 1. The highest BCUT2D eigenvalue weighted by molar-refractivity contribution is 6.31. The van der Waals surface area contributed by atoms with Gasteiger partial charge in [-0.1, -0.05) is 26.2 Å². The van der Waals surface area contributed by atoms with Gasteiger partial charge in [-0.25, -0.2) is 0 Å². The van der Waals surface area contributed by atoms with Gasteiger partial charge in [0.05, 0.1) is 5.38 Å². The lowest BCUT2D eigenvalue weighted by atomic mass is 9.76. The van der Waals surface area contributed by atoms with Crippen LogP contribution in [-0.4, -0.2) is 11.2 Å². The molecule has 0 aromatic heterocycles. The maximum atomic E-state index is 11.8. The molecule has 0 amide bonds. The van der Waals surface area contributed by atoms with Gasteiger partial charge in [-0.15, -0.1) is 11.6 Å². The lowest BCUT2D eigenvalue weighted by Gasteiger charge is -2.29. The van der Waals surface area contributed by atoms with Crippen LogP contribution in [0.1, 0.15) is 52.4 Å². The molecule has 1 fully saturated rings. The Labute approximate surface area is 92.2 Å². The molecule has 82 valence electrons. The predicted molar refractivity (Wildman–Crippen MR) is 60.7 cm³/mol. The molecule has 2 unspecified atom stereocenters. The lowest BCUT2D eigenvalue weighted by Crippen LogP contribution is -2.29. The highest BCUT2D eigenvalue weighted by atomic mass is 35.5. The first-order chi connectivity index (χ1) is 6.66. The van der Waals surface area contributed by atoms with E-state index < -0.39 is 0 Å². The fraction of sp³-hybridized carbons (Fsp3) is 0.917. The first kappa shape index (κ1) is 12.0. The molecule has 2 heteroatoms. The van der Waals surface area contributed by atoms with Gasteiger partial charge in [0.2, 0.25) is 0 Å². The zero-order chi connectivity index (χ0) is 10.6. The van der Waals surface area contributed by atoms with Gasteiger partial charge in [-0.3, -0.25) is 4.79 Å². The van der Waals surface area contributed by atoms with Crippen molar-refractivity contribution in [2.45, 2.75) is 57.7 Å². The summed E-state index contributed by atoms with van der Waals surface area (Å²) >= 11 is 5.87. The van der Waals surface area contributed by atoms with Crippen molar-refractivity contribution < 1.29 is 4.79 Å². The monoisotopic (exact) mass is 216 g/mol. The third kappa shape index (κ3) is 2.98. The summed E-state index contributed by atoms with van der Waals surface area (Å²) in [6.45, 7) is 3.91.